The summed E-state index contributed by atoms with van der Waals surface area (Å²) in [5.74, 6) is 0.327. The van der Waals surface area contributed by atoms with Gasteiger partial charge in [0.2, 0.25) is 5.88 Å². The molecule has 1 heterocycles. The predicted octanol–water partition coefficient (Wildman–Crippen LogP) is 3.08. The van der Waals surface area contributed by atoms with Gasteiger partial charge in [0.05, 0.1) is 11.5 Å². The number of aromatic nitrogens is 1. The van der Waals surface area contributed by atoms with Crippen molar-refractivity contribution in [3.8, 4) is 5.88 Å². The molecule has 1 aromatic rings. The molecule has 0 atom stereocenters. The molecule has 8 heteroatoms. The minimum atomic E-state index is -0.556. The van der Waals surface area contributed by atoms with Crippen molar-refractivity contribution in [3.05, 3.63) is 27.9 Å². The zero-order valence-corrected chi connectivity index (χ0v) is 14.7. The highest BCUT2D eigenvalue weighted by Gasteiger charge is 2.48. The van der Waals surface area contributed by atoms with Crippen LogP contribution in [0.5, 0.6) is 5.88 Å². The van der Waals surface area contributed by atoms with Crippen LogP contribution in [0.1, 0.15) is 39.3 Å². The normalized spacial score (nSPS) is 15.5. The Morgan fingerprint density at radius 2 is 2.04 bits per heavy atom. The lowest BCUT2D eigenvalue weighted by Gasteiger charge is -2.27. The van der Waals surface area contributed by atoms with E-state index in [9.17, 15) is 14.9 Å². The highest BCUT2D eigenvalue weighted by Crippen LogP contribution is 2.41. The summed E-state index contributed by atoms with van der Waals surface area (Å²) in [5, 5.41) is 10.8. The van der Waals surface area contributed by atoms with Crippen LogP contribution in [0, 0.1) is 17.0 Å². The maximum Gasteiger partial charge on any atom is 0.410 e. The van der Waals surface area contributed by atoms with E-state index in [1.807, 2.05) is 20.8 Å². The van der Waals surface area contributed by atoms with E-state index in [1.54, 1.807) is 14.0 Å². The van der Waals surface area contributed by atoms with Crippen molar-refractivity contribution in [1.29, 1.82) is 0 Å². The van der Waals surface area contributed by atoms with E-state index in [-0.39, 0.29) is 5.69 Å². The zero-order valence-electron chi connectivity index (χ0n) is 14.7. The van der Waals surface area contributed by atoms with Crippen LogP contribution in [-0.4, -0.2) is 45.7 Å². The number of hydrogen-bond donors (Lipinski definition) is 0. The van der Waals surface area contributed by atoms with Crippen molar-refractivity contribution in [2.75, 3.05) is 13.6 Å². The molecular weight excluding hydrogens is 314 g/mol. The van der Waals surface area contributed by atoms with Crippen molar-refractivity contribution in [2.24, 2.45) is 0 Å². The molecule has 0 aromatic carbocycles. The highest BCUT2D eigenvalue weighted by molar-refractivity contribution is 5.68. The van der Waals surface area contributed by atoms with Gasteiger partial charge in [0, 0.05) is 19.2 Å². The fraction of sp³-hybridized carbons (Fsp3) is 0.625. The molecule has 24 heavy (non-hydrogen) atoms. The Kier molecular flexibility index (Phi) is 4.68. The molecule has 1 fully saturated rings. The van der Waals surface area contributed by atoms with Crippen LogP contribution in [0.2, 0.25) is 0 Å². The van der Waals surface area contributed by atoms with Crippen LogP contribution in [0.25, 0.3) is 0 Å². The molecule has 8 nitrogen and oxygen atoms in total. The number of nitro groups is 1. The lowest BCUT2D eigenvalue weighted by molar-refractivity contribution is -0.385. The summed E-state index contributed by atoms with van der Waals surface area (Å²) in [6, 6.07) is 2.87. The molecule has 0 unspecified atom stereocenters. The largest absolute Gasteiger partial charge is 0.469 e. The van der Waals surface area contributed by atoms with Gasteiger partial charge in [-0.15, -0.1) is 0 Å². The second kappa shape index (κ2) is 6.26. The van der Waals surface area contributed by atoms with Gasteiger partial charge in [-0.2, -0.15) is 0 Å². The highest BCUT2D eigenvalue weighted by atomic mass is 16.6. The Morgan fingerprint density at radius 3 is 2.50 bits per heavy atom. The van der Waals surface area contributed by atoms with E-state index >= 15 is 0 Å². The summed E-state index contributed by atoms with van der Waals surface area (Å²) >= 11 is 0. The first-order valence-electron chi connectivity index (χ1n) is 7.76. The van der Waals surface area contributed by atoms with Crippen LogP contribution in [0.4, 0.5) is 10.5 Å². The van der Waals surface area contributed by atoms with Gasteiger partial charge in [0.15, 0.2) is 0 Å². The minimum absolute atomic E-state index is 0.0435. The molecule has 1 saturated carbocycles. The first-order chi connectivity index (χ1) is 11.0. The molecule has 132 valence electrons. The number of aryl methyl sites for hydroxylation is 1. The maximum absolute atomic E-state index is 12.0. The number of amides is 1. The smallest absolute Gasteiger partial charge is 0.410 e. The average Bonchev–Trinajstić information content (AvgIpc) is 3.15. The van der Waals surface area contributed by atoms with Gasteiger partial charge in [0.1, 0.15) is 16.9 Å². The summed E-state index contributed by atoms with van der Waals surface area (Å²) in [6.07, 6.45) is 1.17. The number of carbonyl (C=O) groups is 1. The monoisotopic (exact) mass is 337 g/mol. The van der Waals surface area contributed by atoms with Crippen molar-refractivity contribution in [2.45, 2.75) is 51.7 Å². The van der Waals surface area contributed by atoms with E-state index < -0.39 is 22.2 Å². The summed E-state index contributed by atoms with van der Waals surface area (Å²) in [5.41, 5.74) is -0.798. The molecule has 1 aliphatic carbocycles. The first-order valence-corrected chi connectivity index (χ1v) is 7.76. The summed E-state index contributed by atoms with van der Waals surface area (Å²) in [7, 11) is 1.66. The topological polar surface area (TPSA) is 94.8 Å². The van der Waals surface area contributed by atoms with Gasteiger partial charge in [0.25, 0.3) is 5.69 Å². The van der Waals surface area contributed by atoms with Crippen molar-refractivity contribution < 1.29 is 19.2 Å². The standard InChI is InChI=1S/C16H23N3O5/c1-11-12(19(21)22)6-7-13(17-11)23-16(8-9-16)10-18(5)14(20)24-15(2,3)4/h6-7H,8-10H2,1-5H3. The van der Waals surface area contributed by atoms with Gasteiger partial charge < -0.3 is 14.4 Å². The molecule has 2 rings (SSSR count). The Labute approximate surface area is 140 Å². The second-order valence-corrected chi connectivity index (χ2v) is 7.13. The van der Waals surface area contributed by atoms with Crippen molar-refractivity contribution in [1.82, 2.24) is 9.88 Å². The van der Waals surface area contributed by atoms with Crippen LogP contribution in [0.15, 0.2) is 12.1 Å². The van der Waals surface area contributed by atoms with Crippen molar-refractivity contribution in [3.63, 3.8) is 0 Å². The average molecular weight is 337 g/mol. The third kappa shape index (κ3) is 4.56. The number of hydrogen-bond acceptors (Lipinski definition) is 6. The molecule has 1 aromatic heterocycles. The van der Waals surface area contributed by atoms with E-state index in [0.717, 1.165) is 12.8 Å². The molecule has 0 spiro atoms. The fourth-order valence-electron chi connectivity index (χ4n) is 2.27. The Morgan fingerprint density at radius 1 is 1.42 bits per heavy atom. The summed E-state index contributed by atoms with van der Waals surface area (Å²) < 4.78 is 11.2. The Bertz CT molecular complexity index is 650. The predicted molar refractivity (Wildman–Crippen MR) is 87.1 cm³/mol. The van der Waals surface area contributed by atoms with Crippen LogP contribution < -0.4 is 4.74 Å². The number of ether oxygens (including phenoxy) is 2. The molecule has 0 radical (unpaired) electrons. The number of carbonyl (C=O) groups excluding carboxylic acids is 1. The number of nitrogens with zero attached hydrogens (tertiary/aromatic N) is 3. The zero-order chi connectivity index (χ0) is 18.1. The van der Waals surface area contributed by atoms with E-state index in [4.69, 9.17) is 9.47 Å². The van der Waals surface area contributed by atoms with Gasteiger partial charge in [-0.3, -0.25) is 10.1 Å². The van der Waals surface area contributed by atoms with Crippen LogP contribution >= 0.6 is 0 Å². The molecule has 0 bridgehead atoms. The Hall–Kier alpha value is -2.38. The number of pyridine rings is 1. The summed E-state index contributed by atoms with van der Waals surface area (Å²) in [4.78, 5) is 28.0. The Balaban J connectivity index is 2.01. The van der Waals surface area contributed by atoms with Crippen LogP contribution in [0.3, 0.4) is 0 Å². The maximum atomic E-state index is 12.0. The third-order valence-corrected chi connectivity index (χ3v) is 3.59. The molecule has 0 N–H and O–H groups in total. The fourth-order valence-corrected chi connectivity index (χ4v) is 2.27. The molecule has 0 saturated heterocycles. The SMILES string of the molecule is Cc1nc(OC2(CN(C)C(=O)OC(C)(C)C)CC2)ccc1[N+](=O)[O-]. The third-order valence-electron chi connectivity index (χ3n) is 3.59. The quantitative estimate of drug-likeness (QED) is 0.605. The second-order valence-electron chi connectivity index (χ2n) is 7.13. The van der Waals surface area contributed by atoms with E-state index in [0.29, 0.717) is 18.1 Å². The number of rotatable bonds is 5. The number of likely N-dealkylation sites (N-methyl/N-ethyl adjacent to an activating group) is 1. The van der Waals surface area contributed by atoms with E-state index in [1.165, 1.54) is 17.0 Å². The van der Waals surface area contributed by atoms with Gasteiger partial charge >= 0.3 is 6.09 Å². The van der Waals surface area contributed by atoms with Gasteiger partial charge in [-0.05, 0) is 40.5 Å². The van der Waals surface area contributed by atoms with Crippen LogP contribution in [-0.2, 0) is 4.74 Å². The van der Waals surface area contributed by atoms with Gasteiger partial charge in [-0.25, -0.2) is 9.78 Å². The molecule has 1 amide bonds. The molecule has 1 aliphatic rings. The lowest BCUT2D eigenvalue weighted by atomic mass is 10.2. The summed E-state index contributed by atoms with van der Waals surface area (Å²) in [6.45, 7) is 7.38. The minimum Gasteiger partial charge on any atom is -0.469 e. The van der Waals surface area contributed by atoms with E-state index in [2.05, 4.69) is 4.98 Å². The molecule has 0 aliphatic heterocycles. The lowest BCUT2D eigenvalue weighted by Crippen LogP contribution is -2.41. The van der Waals surface area contributed by atoms with Crippen molar-refractivity contribution >= 4 is 11.8 Å². The first kappa shape index (κ1) is 18.0. The van der Waals surface area contributed by atoms with Gasteiger partial charge in [-0.1, -0.05) is 0 Å². The molecular formula is C16H23N3O5.